The maximum atomic E-state index is 12.8. The van der Waals surface area contributed by atoms with Gasteiger partial charge >= 0.3 is 0 Å². The van der Waals surface area contributed by atoms with Gasteiger partial charge in [0.05, 0.1) is 17.0 Å². The fourth-order valence-corrected chi connectivity index (χ4v) is 5.07. The number of nitrogens with zero attached hydrogens (tertiary/aromatic N) is 2. The lowest BCUT2D eigenvalue weighted by Crippen LogP contribution is -2.40. The molecule has 3 rings (SSSR count). The third-order valence-corrected chi connectivity index (χ3v) is 6.50. The van der Waals surface area contributed by atoms with Crippen molar-refractivity contribution < 1.29 is 13.2 Å². The summed E-state index contributed by atoms with van der Waals surface area (Å²) in [7, 11) is -3.02. The number of hydrogen-bond acceptors (Lipinski definition) is 4. The molecule has 1 fully saturated rings. The third-order valence-electron chi connectivity index (χ3n) is 4.75. The molecule has 0 radical (unpaired) electrons. The number of rotatable bonds is 6. The molecular formula is C20H24N2O3S. The molecule has 0 N–H and O–H groups in total. The molecule has 1 aliphatic rings. The molecule has 0 spiro atoms. The van der Waals surface area contributed by atoms with Crippen molar-refractivity contribution in [3.63, 3.8) is 0 Å². The van der Waals surface area contributed by atoms with E-state index in [0.717, 1.165) is 29.3 Å². The molecule has 1 amide bonds. The van der Waals surface area contributed by atoms with Gasteiger partial charge in [0.25, 0.3) is 0 Å². The van der Waals surface area contributed by atoms with Crippen molar-refractivity contribution in [2.24, 2.45) is 0 Å². The monoisotopic (exact) mass is 372 g/mol. The van der Waals surface area contributed by atoms with Gasteiger partial charge in [0, 0.05) is 35.8 Å². The summed E-state index contributed by atoms with van der Waals surface area (Å²) in [5, 5.41) is 1.02. The Balaban J connectivity index is 1.81. The van der Waals surface area contributed by atoms with Crippen LogP contribution in [0.3, 0.4) is 0 Å². The predicted molar refractivity (Wildman–Crippen MR) is 104 cm³/mol. The molecule has 1 unspecified atom stereocenters. The van der Waals surface area contributed by atoms with Gasteiger partial charge in [0.2, 0.25) is 5.91 Å². The van der Waals surface area contributed by atoms with E-state index in [1.54, 1.807) is 23.2 Å². The standard InChI is InChI=1S/C20H24N2O3S/c1-2-3-13-22(18-11-14-26(24,25)15-18)19(23)10-9-17-7-4-6-16-8-5-12-21-20(16)17/h4-10,12,18H,2-3,11,13-15H2,1H3/b10-9+. The topological polar surface area (TPSA) is 67.3 Å². The summed E-state index contributed by atoms with van der Waals surface area (Å²) in [4.78, 5) is 18.9. The van der Waals surface area contributed by atoms with E-state index in [1.165, 1.54) is 0 Å². The number of carbonyl (C=O) groups is 1. The molecule has 1 aliphatic heterocycles. The number of benzene rings is 1. The van der Waals surface area contributed by atoms with Crippen LogP contribution in [0, 0.1) is 0 Å². The molecule has 1 atom stereocenters. The van der Waals surface area contributed by atoms with Crippen LogP contribution in [0.25, 0.3) is 17.0 Å². The van der Waals surface area contributed by atoms with Gasteiger partial charge < -0.3 is 4.90 Å². The van der Waals surface area contributed by atoms with Gasteiger partial charge in [-0.25, -0.2) is 8.42 Å². The molecule has 1 saturated heterocycles. The SMILES string of the molecule is CCCCN(C(=O)/C=C/c1cccc2cccnc12)C1CCS(=O)(=O)C1. The molecule has 2 aromatic rings. The predicted octanol–water partition coefficient (Wildman–Crippen LogP) is 3.06. The summed E-state index contributed by atoms with van der Waals surface area (Å²) in [6.45, 7) is 2.65. The Bertz CT molecular complexity index is 916. The lowest BCUT2D eigenvalue weighted by Gasteiger charge is -2.27. The first-order valence-corrected chi connectivity index (χ1v) is 10.8. The van der Waals surface area contributed by atoms with Crippen LogP contribution in [0.4, 0.5) is 0 Å². The molecule has 0 bridgehead atoms. The van der Waals surface area contributed by atoms with Crippen LogP contribution in [0.2, 0.25) is 0 Å². The van der Waals surface area contributed by atoms with Crippen molar-refractivity contribution in [3.05, 3.63) is 48.2 Å². The smallest absolute Gasteiger partial charge is 0.246 e. The highest BCUT2D eigenvalue weighted by Crippen LogP contribution is 2.20. The number of carbonyl (C=O) groups excluding carboxylic acids is 1. The van der Waals surface area contributed by atoms with E-state index in [4.69, 9.17) is 0 Å². The molecule has 26 heavy (non-hydrogen) atoms. The minimum atomic E-state index is -3.02. The summed E-state index contributed by atoms with van der Waals surface area (Å²) >= 11 is 0. The Morgan fingerprint density at radius 1 is 1.31 bits per heavy atom. The van der Waals surface area contributed by atoms with E-state index in [-0.39, 0.29) is 23.5 Å². The highest BCUT2D eigenvalue weighted by Gasteiger charge is 2.33. The normalized spacial score (nSPS) is 19.2. The van der Waals surface area contributed by atoms with E-state index in [0.29, 0.717) is 13.0 Å². The van der Waals surface area contributed by atoms with Crippen molar-refractivity contribution in [2.45, 2.75) is 32.2 Å². The zero-order valence-electron chi connectivity index (χ0n) is 15.0. The zero-order valence-corrected chi connectivity index (χ0v) is 15.8. The highest BCUT2D eigenvalue weighted by molar-refractivity contribution is 7.91. The zero-order chi connectivity index (χ0) is 18.6. The van der Waals surface area contributed by atoms with Gasteiger partial charge in [-0.2, -0.15) is 0 Å². The number of aromatic nitrogens is 1. The van der Waals surface area contributed by atoms with Crippen molar-refractivity contribution in [3.8, 4) is 0 Å². The summed E-state index contributed by atoms with van der Waals surface area (Å²) < 4.78 is 23.6. The largest absolute Gasteiger partial charge is 0.335 e. The highest BCUT2D eigenvalue weighted by atomic mass is 32.2. The first-order valence-electron chi connectivity index (χ1n) is 9.03. The van der Waals surface area contributed by atoms with E-state index in [9.17, 15) is 13.2 Å². The lowest BCUT2D eigenvalue weighted by atomic mass is 10.1. The Kier molecular flexibility index (Phi) is 5.71. The second-order valence-electron chi connectivity index (χ2n) is 6.70. The first kappa shape index (κ1) is 18.6. The maximum absolute atomic E-state index is 12.8. The van der Waals surface area contributed by atoms with Crippen LogP contribution in [0.5, 0.6) is 0 Å². The Hall–Kier alpha value is -2.21. The number of fused-ring (bicyclic) bond motifs is 1. The Morgan fingerprint density at radius 3 is 2.85 bits per heavy atom. The van der Waals surface area contributed by atoms with Crippen LogP contribution in [0.15, 0.2) is 42.6 Å². The second kappa shape index (κ2) is 7.99. The first-order chi connectivity index (χ1) is 12.5. The van der Waals surface area contributed by atoms with E-state index >= 15 is 0 Å². The van der Waals surface area contributed by atoms with E-state index in [1.807, 2.05) is 30.3 Å². The van der Waals surface area contributed by atoms with E-state index < -0.39 is 9.84 Å². The molecule has 5 nitrogen and oxygen atoms in total. The van der Waals surface area contributed by atoms with Crippen LogP contribution in [0.1, 0.15) is 31.7 Å². The molecule has 6 heteroatoms. The van der Waals surface area contributed by atoms with Gasteiger partial charge in [0.15, 0.2) is 9.84 Å². The van der Waals surface area contributed by atoms with Gasteiger partial charge in [0.1, 0.15) is 0 Å². The molecule has 0 saturated carbocycles. The molecule has 2 heterocycles. The van der Waals surface area contributed by atoms with Crippen molar-refractivity contribution in [1.29, 1.82) is 0 Å². The average Bonchev–Trinajstić information content (AvgIpc) is 2.99. The Labute approximate surface area is 154 Å². The number of pyridine rings is 1. The molecule has 1 aromatic carbocycles. The number of hydrogen-bond donors (Lipinski definition) is 0. The molecule has 0 aliphatic carbocycles. The van der Waals surface area contributed by atoms with Gasteiger partial charge in [-0.1, -0.05) is 37.6 Å². The van der Waals surface area contributed by atoms with Gasteiger partial charge in [-0.3, -0.25) is 9.78 Å². The van der Waals surface area contributed by atoms with Gasteiger partial charge in [-0.15, -0.1) is 0 Å². The fourth-order valence-electron chi connectivity index (χ4n) is 3.34. The molecule has 138 valence electrons. The van der Waals surface area contributed by atoms with Crippen molar-refractivity contribution in [2.75, 3.05) is 18.1 Å². The van der Waals surface area contributed by atoms with Crippen molar-refractivity contribution in [1.82, 2.24) is 9.88 Å². The quantitative estimate of drug-likeness (QED) is 0.731. The number of para-hydroxylation sites is 1. The van der Waals surface area contributed by atoms with Crippen LogP contribution >= 0.6 is 0 Å². The van der Waals surface area contributed by atoms with Crippen LogP contribution < -0.4 is 0 Å². The van der Waals surface area contributed by atoms with Crippen LogP contribution in [-0.2, 0) is 14.6 Å². The number of unbranched alkanes of at least 4 members (excludes halogenated alkanes) is 1. The number of sulfone groups is 1. The number of amides is 1. The Morgan fingerprint density at radius 2 is 2.12 bits per heavy atom. The lowest BCUT2D eigenvalue weighted by molar-refractivity contribution is -0.127. The summed E-state index contributed by atoms with van der Waals surface area (Å²) in [5.41, 5.74) is 1.73. The maximum Gasteiger partial charge on any atom is 0.246 e. The summed E-state index contributed by atoms with van der Waals surface area (Å²) in [5.74, 6) is 0.116. The average molecular weight is 372 g/mol. The molecule has 1 aromatic heterocycles. The van der Waals surface area contributed by atoms with Crippen LogP contribution in [-0.4, -0.2) is 48.3 Å². The second-order valence-corrected chi connectivity index (χ2v) is 8.93. The molecular weight excluding hydrogens is 348 g/mol. The minimum Gasteiger partial charge on any atom is -0.335 e. The summed E-state index contributed by atoms with van der Waals surface area (Å²) in [6.07, 6.45) is 7.41. The van der Waals surface area contributed by atoms with Crippen molar-refractivity contribution >= 4 is 32.7 Å². The third kappa shape index (κ3) is 4.30. The van der Waals surface area contributed by atoms with E-state index in [2.05, 4.69) is 11.9 Å². The minimum absolute atomic E-state index is 0.0755. The van der Waals surface area contributed by atoms with Gasteiger partial charge in [-0.05, 0) is 25.0 Å². The fraction of sp³-hybridized carbons (Fsp3) is 0.400. The summed E-state index contributed by atoms with van der Waals surface area (Å²) in [6, 6.07) is 9.50.